The van der Waals surface area contributed by atoms with Crippen LogP contribution in [0.1, 0.15) is 30.7 Å². The number of carbonyl (C=O) groups is 1. The predicted molar refractivity (Wildman–Crippen MR) is 98.7 cm³/mol. The molecule has 0 amide bonds. The Morgan fingerprint density at radius 3 is 2.68 bits per heavy atom. The molecule has 5 heteroatoms. The van der Waals surface area contributed by atoms with Gasteiger partial charge in [0.25, 0.3) is 0 Å². The number of carbonyl (C=O) groups excluding carboxylic acids is 1. The lowest BCUT2D eigenvalue weighted by atomic mass is 9.76. The third-order valence-electron chi connectivity index (χ3n) is 4.80. The number of ketones is 1. The van der Waals surface area contributed by atoms with Gasteiger partial charge in [0, 0.05) is 23.4 Å². The molecule has 0 fully saturated rings. The molecule has 2 aliphatic rings. The van der Waals surface area contributed by atoms with Gasteiger partial charge in [-0.2, -0.15) is 16.6 Å². The summed E-state index contributed by atoms with van der Waals surface area (Å²) in [6.45, 7) is 0. The van der Waals surface area contributed by atoms with Crippen LogP contribution >= 0.6 is 11.3 Å². The lowest BCUT2D eigenvalue weighted by Gasteiger charge is -2.39. The third-order valence-corrected chi connectivity index (χ3v) is 5.51. The van der Waals surface area contributed by atoms with Crippen molar-refractivity contribution in [1.29, 1.82) is 5.26 Å². The van der Waals surface area contributed by atoms with Crippen molar-refractivity contribution in [3.05, 3.63) is 75.4 Å². The van der Waals surface area contributed by atoms with E-state index in [2.05, 4.69) is 6.07 Å². The number of nitrogens with two attached hydrogens (primary N) is 1. The van der Waals surface area contributed by atoms with E-state index in [1.807, 2.05) is 52.1 Å². The fourth-order valence-corrected chi connectivity index (χ4v) is 4.42. The number of anilines is 1. The molecule has 0 saturated heterocycles. The standard InChI is InChI=1S/C20H17N3OS/c21-11-15-18(13-9-10-25-12-13)19-16(7-4-8-17(19)24)23(20(15)22)14-5-2-1-3-6-14/h1-3,5-6,9-10,12,18H,4,7-8,22H2/t18-/m0/s1. The molecule has 1 aliphatic carbocycles. The molecule has 1 aliphatic heterocycles. The molecule has 0 unspecified atom stereocenters. The van der Waals surface area contributed by atoms with Crippen molar-refractivity contribution in [2.45, 2.75) is 25.2 Å². The molecule has 1 aromatic heterocycles. The van der Waals surface area contributed by atoms with Crippen molar-refractivity contribution < 1.29 is 4.79 Å². The van der Waals surface area contributed by atoms with Crippen LogP contribution in [0.25, 0.3) is 0 Å². The second-order valence-electron chi connectivity index (χ2n) is 6.21. The largest absolute Gasteiger partial charge is 0.384 e. The van der Waals surface area contributed by atoms with Crippen LogP contribution in [-0.4, -0.2) is 5.78 Å². The first-order valence-corrected chi connectivity index (χ1v) is 9.20. The van der Waals surface area contributed by atoms with Crippen LogP contribution in [-0.2, 0) is 4.79 Å². The van der Waals surface area contributed by atoms with E-state index < -0.39 is 0 Å². The summed E-state index contributed by atoms with van der Waals surface area (Å²) in [6.07, 6.45) is 2.13. The molecule has 25 heavy (non-hydrogen) atoms. The van der Waals surface area contributed by atoms with Crippen molar-refractivity contribution in [3.8, 4) is 6.07 Å². The first-order chi connectivity index (χ1) is 12.2. The van der Waals surface area contributed by atoms with Gasteiger partial charge >= 0.3 is 0 Å². The number of hydrogen-bond acceptors (Lipinski definition) is 5. The first kappa shape index (κ1) is 15.7. The maximum absolute atomic E-state index is 12.8. The van der Waals surface area contributed by atoms with Crippen molar-refractivity contribution in [2.75, 3.05) is 4.90 Å². The Morgan fingerprint density at radius 2 is 2.00 bits per heavy atom. The van der Waals surface area contributed by atoms with E-state index in [4.69, 9.17) is 5.73 Å². The minimum absolute atomic E-state index is 0.124. The zero-order valence-electron chi connectivity index (χ0n) is 13.6. The maximum Gasteiger partial charge on any atom is 0.161 e. The maximum atomic E-state index is 12.8. The Balaban J connectivity index is 1.98. The molecule has 0 bridgehead atoms. The number of thiophene rings is 1. The van der Waals surface area contributed by atoms with E-state index in [1.54, 1.807) is 11.3 Å². The van der Waals surface area contributed by atoms with Gasteiger partial charge in [-0.05, 0) is 47.4 Å². The summed E-state index contributed by atoms with van der Waals surface area (Å²) in [6, 6.07) is 14.0. The second-order valence-corrected chi connectivity index (χ2v) is 6.99. The Hall–Kier alpha value is -2.84. The van der Waals surface area contributed by atoms with Gasteiger partial charge in [0.2, 0.25) is 0 Å². The number of hydrogen-bond donors (Lipinski definition) is 1. The molecular formula is C20H17N3OS. The lowest BCUT2D eigenvalue weighted by molar-refractivity contribution is -0.116. The van der Waals surface area contributed by atoms with Crippen molar-refractivity contribution in [1.82, 2.24) is 0 Å². The highest BCUT2D eigenvalue weighted by molar-refractivity contribution is 7.08. The van der Waals surface area contributed by atoms with Gasteiger partial charge in [0.15, 0.2) is 5.78 Å². The number of nitriles is 1. The number of rotatable bonds is 2. The number of Topliss-reactive ketones (excluding diaryl/α,β-unsaturated/α-hetero) is 1. The monoisotopic (exact) mass is 347 g/mol. The van der Waals surface area contributed by atoms with Gasteiger partial charge in [0.1, 0.15) is 5.82 Å². The van der Waals surface area contributed by atoms with Crippen molar-refractivity contribution >= 4 is 22.8 Å². The highest BCUT2D eigenvalue weighted by Crippen LogP contribution is 2.46. The molecule has 124 valence electrons. The highest BCUT2D eigenvalue weighted by atomic mass is 32.1. The van der Waals surface area contributed by atoms with E-state index in [0.29, 0.717) is 17.8 Å². The summed E-state index contributed by atoms with van der Waals surface area (Å²) in [5, 5.41) is 13.8. The van der Waals surface area contributed by atoms with Crippen LogP contribution in [0.2, 0.25) is 0 Å². The van der Waals surface area contributed by atoms with Crippen LogP contribution in [0.15, 0.2) is 69.8 Å². The molecule has 4 nitrogen and oxygen atoms in total. The number of para-hydroxylation sites is 1. The molecule has 2 aromatic rings. The Labute approximate surface area is 150 Å². The van der Waals surface area contributed by atoms with Crippen LogP contribution < -0.4 is 10.6 Å². The third kappa shape index (κ3) is 2.46. The Morgan fingerprint density at radius 1 is 1.20 bits per heavy atom. The molecule has 1 aromatic carbocycles. The van der Waals surface area contributed by atoms with Gasteiger partial charge in [-0.15, -0.1) is 0 Å². The van der Waals surface area contributed by atoms with E-state index in [9.17, 15) is 10.1 Å². The Kier molecular flexibility index (Phi) is 3.90. The van der Waals surface area contributed by atoms with Crippen LogP contribution in [0.4, 0.5) is 5.69 Å². The smallest absolute Gasteiger partial charge is 0.161 e. The van der Waals surface area contributed by atoms with E-state index in [0.717, 1.165) is 35.4 Å². The molecular weight excluding hydrogens is 330 g/mol. The Bertz CT molecular complexity index is 920. The van der Waals surface area contributed by atoms with E-state index >= 15 is 0 Å². The first-order valence-electron chi connectivity index (χ1n) is 8.25. The fourth-order valence-electron chi connectivity index (χ4n) is 3.73. The average molecular weight is 347 g/mol. The van der Waals surface area contributed by atoms with Crippen LogP contribution in [0.5, 0.6) is 0 Å². The lowest BCUT2D eigenvalue weighted by Crippen LogP contribution is -2.38. The number of benzene rings is 1. The topological polar surface area (TPSA) is 70.1 Å². The van der Waals surface area contributed by atoms with Gasteiger partial charge in [-0.25, -0.2) is 0 Å². The quantitative estimate of drug-likeness (QED) is 0.889. The zero-order valence-corrected chi connectivity index (χ0v) is 14.4. The van der Waals surface area contributed by atoms with Gasteiger partial charge in [0.05, 0.1) is 17.6 Å². The molecule has 0 saturated carbocycles. The summed E-state index contributed by atoms with van der Waals surface area (Å²) < 4.78 is 0. The van der Waals surface area contributed by atoms with Crippen molar-refractivity contribution in [2.24, 2.45) is 5.73 Å². The normalized spacial score (nSPS) is 20.5. The van der Waals surface area contributed by atoms with E-state index in [1.165, 1.54) is 0 Å². The summed E-state index contributed by atoms with van der Waals surface area (Å²) in [4.78, 5) is 14.7. The molecule has 0 radical (unpaired) electrons. The highest BCUT2D eigenvalue weighted by Gasteiger charge is 2.40. The summed E-state index contributed by atoms with van der Waals surface area (Å²) >= 11 is 1.56. The summed E-state index contributed by atoms with van der Waals surface area (Å²) in [5.74, 6) is 0.205. The second kappa shape index (κ2) is 6.23. The molecule has 0 spiro atoms. The molecule has 1 atom stereocenters. The predicted octanol–water partition coefficient (Wildman–Crippen LogP) is 4.05. The molecule has 4 rings (SSSR count). The molecule has 2 heterocycles. The van der Waals surface area contributed by atoms with Crippen LogP contribution in [0, 0.1) is 11.3 Å². The number of allylic oxidation sites excluding steroid dienone is 3. The van der Waals surface area contributed by atoms with E-state index in [-0.39, 0.29) is 11.7 Å². The number of nitrogens with zero attached hydrogens (tertiary/aromatic N) is 2. The average Bonchev–Trinajstić information content (AvgIpc) is 3.16. The fraction of sp³-hybridized carbons (Fsp3) is 0.200. The minimum atomic E-state index is -0.348. The SMILES string of the molecule is N#CC1=C(N)N(c2ccccc2)C2=C(C(=O)CCC2)[C@H]1c1ccsc1. The summed E-state index contributed by atoms with van der Waals surface area (Å²) in [5.41, 5.74) is 10.4. The zero-order chi connectivity index (χ0) is 17.4. The van der Waals surface area contributed by atoms with Gasteiger partial charge in [-0.3, -0.25) is 9.69 Å². The summed E-state index contributed by atoms with van der Waals surface area (Å²) in [7, 11) is 0. The van der Waals surface area contributed by atoms with Crippen LogP contribution in [0.3, 0.4) is 0 Å². The van der Waals surface area contributed by atoms with Gasteiger partial charge in [-0.1, -0.05) is 18.2 Å². The minimum Gasteiger partial charge on any atom is -0.384 e. The van der Waals surface area contributed by atoms with Crippen molar-refractivity contribution in [3.63, 3.8) is 0 Å². The molecule has 2 N–H and O–H groups in total. The van der Waals surface area contributed by atoms with Gasteiger partial charge < -0.3 is 5.73 Å².